The van der Waals surface area contributed by atoms with Crippen molar-refractivity contribution in [3.05, 3.63) is 54.0 Å². The molecule has 1 heterocycles. The molecule has 0 aliphatic rings. The molecule has 2 aromatic rings. The van der Waals surface area contributed by atoms with E-state index in [9.17, 15) is 14.4 Å². The summed E-state index contributed by atoms with van der Waals surface area (Å²) >= 11 is 0. The second-order valence-electron chi connectivity index (χ2n) is 3.92. The van der Waals surface area contributed by atoms with Crippen LogP contribution in [0.2, 0.25) is 0 Å². The fraction of sp³-hybridized carbons (Fsp3) is 0.0714. The van der Waals surface area contributed by atoms with Gasteiger partial charge in [-0.3, -0.25) is 10.1 Å². The van der Waals surface area contributed by atoms with Gasteiger partial charge in [-0.15, -0.1) is 0 Å². The van der Waals surface area contributed by atoms with Crippen LogP contribution in [-0.4, -0.2) is 25.0 Å². The Kier molecular flexibility index (Phi) is 4.35. The van der Waals surface area contributed by atoms with E-state index in [1.54, 1.807) is 12.1 Å². The van der Waals surface area contributed by atoms with Crippen molar-refractivity contribution >= 4 is 23.6 Å². The lowest BCUT2D eigenvalue weighted by Gasteiger charge is -2.09. The smallest absolute Gasteiger partial charge is 0.339 e. The first kappa shape index (κ1) is 14.3. The molecular weight excluding hydrogens is 276 g/mol. The van der Waals surface area contributed by atoms with Crippen LogP contribution in [-0.2, 0) is 4.74 Å². The highest BCUT2D eigenvalue weighted by molar-refractivity contribution is 6.08. The Labute approximate surface area is 119 Å². The number of hydrogen-bond donors (Lipinski definition) is 2. The summed E-state index contributed by atoms with van der Waals surface area (Å²) in [6, 6.07) is 8.44. The largest absolute Gasteiger partial charge is 0.465 e. The van der Waals surface area contributed by atoms with Gasteiger partial charge >= 0.3 is 12.0 Å². The van der Waals surface area contributed by atoms with Crippen LogP contribution in [0.25, 0.3) is 0 Å². The minimum atomic E-state index is -0.784. The summed E-state index contributed by atoms with van der Waals surface area (Å²) in [5.74, 6) is -1.28. The van der Waals surface area contributed by atoms with E-state index < -0.39 is 17.9 Å². The third-order valence-corrected chi connectivity index (χ3v) is 2.55. The Balaban J connectivity index is 2.06. The first-order chi connectivity index (χ1) is 10.1. The highest BCUT2D eigenvalue weighted by atomic mass is 16.5. The number of hydrogen-bond acceptors (Lipinski definition) is 5. The van der Waals surface area contributed by atoms with Crippen LogP contribution in [0.1, 0.15) is 20.9 Å². The third-order valence-electron chi connectivity index (χ3n) is 2.55. The molecule has 7 nitrogen and oxygen atoms in total. The van der Waals surface area contributed by atoms with Gasteiger partial charge in [-0.1, -0.05) is 12.1 Å². The number of esters is 1. The average molecular weight is 288 g/mol. The number of urea groups is 1. The monoisotopic (exact) mass is 288 g/mol. The fourth-order valence-corrected chi connectivity index (χ4v) is 1.61. The summed E-state index contributed by atoms with van der Waals surface area (Å²) in [5, 5.41) is 4.49. The van der Waals surface area contributed by atoms with Crippen LogP contribution in [0.15, 0.2) is 47.1 Å². The van der Waals surface area contributed by atoms with Crippen LogP contribution in [0, 0.1) is 0 Å². The molecule has 0 spiro atoms. The lowest BCUT2D eigenvalue weighted by atomic mass is 10.2. The zero-order valence-corrected chi connectivity index (χ0v) is 11.1. The molecule has 0 unspecified atom stereocenters. The maximum atomic E-state index is 11.7. The molecule has 21 heavy (non-hydrogen) atoms. The number of methoxy groups -OCH3 is 1. The zero-order valence-electron chi connectivity index (χ0n) is 11.1. The maximum absolute atomic E-state index is 11.7. The zero-order chi connectivity index (χ0) is 15.2. The molecule has 3 amide bonds. The number of anilines is 1. The van der Waals surface area contributed by atoms with E-state index in [1.165, 1.54) is 37.6 Å². The summed E-state index contributed by atoms with van der Waals surface area (Å²) in [4.78, 5) is 34.9. The van der Waals surface area contributed by atoms with E-state index in [0.717, 1.165) is 0 Å². The summed E-state index contributed by atoms with van der Waals surface area (Å²) in [6.07, 6.45) is 1.32. The van der Waals surface area contributed by atoms with E-state index >= 15 is 0 Å². The number of para-hydroxylation sites is 1. The molecule has 0 atom stereocenters. The lowest BCUT2D eigenvalue weighted by molar-refractivity contribution is 0.0602. The Morgan fingerprint density at radius 2 is 1.86 bits per heavy atom. The Morgan fingerprint density at radius 1 is 1.10 bits per heavy atom. The molecule has 108 valence electrons. The van der Waals surface area contributed by atoms with Crippen molar-refractivity contribution < 1.29 is 23.5 Å². The molecule has 0 radical (unpaired) electrons. The molecule has 0 saturated carbocycles. The van der Waals surface area contributed by atoms with E-state index in [0.29, 0.717) is 0 Å². The molecule has 0 aliphatic carbocycles. The quantitative estimate of drug-likeness (QED) is 0.842. The van der Waals surface area contributed by atoms with Crippen molar-refractivity contribution in [1.82, 2.24) is 5.32 Å². The highest BCUT2D eigenvalue weighted by Gasteiger charge is 2.16. The number of rotatable bonds is 3. The minimum Gasteiger partial charge on any atom is -0.465 e. The van der Waals surface area contributed by atoms with Crippen LogP contribution in [0.4, 0.5) is 10.5 Å². The first-order valence-electron chi connectivity index (χ1n) is 5.95. The number of carbonyl (C=O) groups excluding carboxylic acids is 3. The van der Waals surface area contributed by atoms with Crippen molar-refractivity contribution in [2.24, 2.45) is 0 Å². The normalized spacial score (nSPS) is 9.76. The van der Waals surface area contributed by atoms with E-state index in [-0.39, 0.29) is 17.0 Å². The summed E-state index contributed by atoms with van der Waals surface area (Å²) in [6.45, 7) is 0. The first-order valence-corrected chi connectivity index (χ1v) is 5.95. The molecule has 2 rings (SSSR count). The molecule has 1 aromatic carbocycles. The van der Waals surface area contributed by atoms with Crippen molar-refractivity contribution in [2.75, 3.05) is 12.4 Å². The number of imide groups is 1. The highest BCUT2D eigenvalue weighted by Crippen LogP contribution is 2.15. The van der Waals surface area contributed by atoms with Gasteiger partial charge in [0.1, 0.15) is 0 Å². The topological polar surface area (TPSA) is 97.6 Å². The van der Waals surface area contributed by atoms with Crippen molar-refractivity contribution in [1.29, 1.82) is 0 Å². The van der Waals surface area contributed by atoms with Crippen molar-refractivity contribution in [3.8, 4) is 0 Å². The van der Waals surface area contributed by atoms with Gasteiger partial charge in [-0.05, 0) is 24.3 Å². The molecule has 7 heteroatoms. The van der Waals surface area contributed by atoms with Crippen molar-refractivity contribution in [2.45, 2.75) is 0 Å². The van der Waals surface area contributed by atoms with Gasteiger partial charge in [0.05, 0.1) is 24.6 Å². The van der Waals surface area contributed by atoms with Crippen molar-refractivity contribution in [3.63, 3.8) is 0 Å². The Morgan fingerprint density at radius 3 is 2.52 bits per heavy atom. The molecule has 0 fully saturated rings. The van der Waals surface area contributed by atoms with Crippen LogP contribution < -0.4 is 10.6 Å². The molecular formula is C14H12N2O5. The predicted molar refractivity (Wildman–Crippen MR) is 73.0 cm³/mol. The number of nitrogens with one attached hydrogen (secondary N) is 2. The van der Waals surface area contributed by atoms with E-state index in [1.807, 2.05) is 0 Å². The van der Waals surface area contributed by atoms with Gasteiger partial charge in [0.2, 0.25) is 0 Å². The SMILES string of the molecule is COC(=O)c1ccccc1NC(=O)NC(=O)c1ccco1. The number of carbonyl (C=O) groups is 3. The van der Waals surface area contributed by atoms with Gasteiger partial charge in [0.15, 0.2) is 5.76 Å². The maximum Gasteiger partial charge on any atom is 0.339 e. The molecule has 1 aromatic heterocycles. The number of amides is 3. The number of benzene rings is 1. The average Bonchev–Trinajstić information content (AvgIpc) is 3.01. The van der Waals surface area contributed by atoms with Crippen LogP contribution >= 0.6 is 0 Å². The molecule has 2 N–H and O–H groups in total. The predicted octanol–water partition coefficient (Wildman–Crippen LogP) is 2.03. The third kappa shape index (κ3) is 3.47. The molecule has 0 saturated heterocycles. The number of furan rings is 1. The van der Waals surface area contributed by atoms with Crippen LogP contribution in [0.5, 0.6) is 0 Å². The minimum absolute atomic E-state index is 0.00593. The Bertz CT molecular complexity index is 664. The second kappa shape index (κ2) is 6.38. The second-order valence-corrected chi connectivity index (χ2v) is 3.92. The summed E-state index contributed by atoms with van der Waals surface area (Å²) < 4.78 is 9.47. The van der Waals surface area contributed by atoms with E-state index in [4.69, 9.17) is 4.42 Å². The summed E-state index contributed by atoms with van der Waals surface area (Å²) in [7, 11) is 1.24. The van der Waals surface area contributed by atoms with Crippen LogP contribution in [0.3, 0.4) is 0 Å². The molecule has 0 bridgehead atoms. The van der Waals surface area contributed by atoms with E-state index in [2.05, 4.69) is 15.4 Å². The van der Waals surface area contributed by atoms with Gasteiger partial charge in [0, 0.05) is 0 Å². The number of ether oxygens (including phenoxy) is 1. The van der Waals surface area contributed by atoms with Gasteiger partial charge in [-0.25, -0.2) is 9.59 Å². The lowest BCUT2D eigenvalue weighted by Crippen LogP contribution is -2.34. The van der Waals surface area contributed by atoms with Gasteiger partial charge in [-0.2, -0.15) is 0 Å². The van der Waals surface area contributed by atoms with Gasteiger partial charge < -0.3 is 14.5 Å². The Hall–Kier alpha value is -3.09. The van der Waals surface area contributed by atoms with Gasteiger partial charge in [0.25, 0.3) is 5.91 Å². The fourth-order valence-electron chi connectivity index (χ4n) is 1.61. The summed E-state index contributed by atoms with van der Waals surface area (Å²) in [5.41, 5.74) is 0.412. The standard InChI is InChI=1S/C14H12N2O5/c1-20-13(18)9-5-2-3-6-10(9)15-14(19)16-12(17)11-7-4-8-21-11/h2-8H,1H3,(H2,15,16,17,19). The molecule has 0 aliphatic heterocycles.